The highest BCUT2D eigenvalue weighted by Crippen LogP contribution is 2.26. The smallest absolute Gasteiger partial charge is 0.131 e. The monoisotopic (exact) mass is 238 g/mol. The Balaban J connectivity index is 0. The van der Waals surface area contributed by atoms with Crippen LogP contribution in [0.1, 0.15) is 27.7 Å². The zero-order chi connectivity index (χ0) is 10.0. The van der Waals surface area contributed by atoms with Crippen molar-refractivity contribution in [3.8, 4) is 0 Å². The van der Waals surface area contributed by atoms with Crippen LogP contribution in [-0.4, -0.2) is 24.8 Å². The Kier molecular flexibility index (Phi) is 11.2. The molecule has 0 aliphatic carbocycles. The molecule has 1 aliphatic heterocycles. The van der Waals surface area contributed by atoms with Gasteiger partial charge in [-0.15, -0.1) is 0 Å². The van der Waals surface area contributed by atoms with Gasteiger partial charge < -0.3 is 9.53 Å². The van der Waals surface area contributed by atoms with Crippen LogP contribution in [0.3, 0.4) is 0 Å². The Bertz CT molecular complexity index is 95.2. The number of hydrogen-bond acceptors (Lipinski definition) is 2. The van der Waals surface area contributed by atoms with Crippen molar-refractivity contribution in [2.75, 3.05) is 18.5 Å². The molecular formula is C9H19BrO2. The third-order valence-corrected chi connectivity index (χ3v) is 2.41. The van der Waals surface area contributed by atoms with E-state index in [1.54, 1.807) is 0 Å². The summed E-state index contributed by atoms with van der Waals surface area (Å²) in [5.74, 6) is 0. The van der Waals surface area contributed by atoms with Crippen molar-refractivity contribution >= 4 is 22.2 Å². The van der Waals surface area contributed by atoms with Crippen LogP contribution in [0.25, 0.3) is 0 Å². The molecule has 0 unspecified atom stereocenters. The molecule has 0 aromatic heterocycles. The minimum Gasteiger partial charge on any atom is -0.379 e. The average molecular weight is 239 g/mol. The molecule has 0 atom stereocenters. The lowest BCUT2D eigenvalue weighted by atomic mass is 9.91. The molecule has 74 valence electrons. The van der Waals surface area contributed by atoms with Crippen LogP contribution in [-0.2, 0) is 9.53 Å². The van der Waals surface area contributed by atoms with Gasteiger partial charge >= 0.3 is 0 Å². The zero-order valence-corrected chi connectivity index (χ0v) is 9.98. The number of rotatable bonds is 2. The van der Waals surface area contributed by atoms with Crippen molar-refractivity contribution in [2.24, 2.45) is 5.41 Å². The van der Waals surface area contributed by atoms with Crippen molar-refractivity contribution in [1.82, 2.24) is 0 Å². The van der Waals surface area contributed by atoms with Gasteiger partial charge in [0.2, 0.25) is 0 Å². The maximum absolute atomic E-state index is 10.2. The third-order valence-electron chi connectivity index (χ3n) is 1.30. The summed E-state index contributed by atoms with van der Waals surface area (Å²) < 4.78 is 4.86. The van der Waals surface area contributed by atoms with Crippen LogP contribution in [0, 0.1) is 5.41 Å². The summed E-state index contributed by atoms with van der Waals surface area (Å²) in [5, 5.41) is 0.726. The molecule has 1 fully saturated rings. The molecule has 2 nitrogen and oxygen atoms in total. The maximum atomic E-state index is 10.2. The number of ether oxygens (including phenoxy) is 1. The molecule has 0 saturated carbocycles. The Morgan fingerprint density at radius 1 is 1.33 bits per heavy atom. The maximum Gasteiger partial charge on any atom is 0.131 e. The summed E-state index contributed by atoms with van der Waals surface area (Å²) >= 11 is 3.23. The Morgan fingerprint density at radius 3 is 1.75 bits per heavy atom. The van der Waals surface area contributed by atoms with E-state index >= 15 is 0 Å². The molecule has 1 rings (SSSR count). The van der Waals surface area contributed by atoms with Gasteiger partial charge in [-0.1, -0.05) is 43.6 Å². The molecule has 0 N–H and O–H groups in total. The Morgan fingerprint density at radius 2 is 1.75 bits per heavy atom. The fourth-order valence-electron chi connectivity index (χ4n) is 0.541. The van der Waals surface area contributed by atoms with E-state index in [4.69, 9.17) is 4.74 Å². The first kappa shape index (κ1) is 14.6. The van der Waals surface area contributed by atoms with Gasteiger partial charge in [0.15, 0.2) is 0 Å². The number of halogens is 1. The van der Waals surface area contributed by atoms with Crippen LogP contribution < -0.4 is 0 Å². The minimum atomic E-state index is -0.181. The van der Waals surface area contributed by atoms with Gasteiger partial charge in [0.1, 0.15) is 6.29 Å². The lowest BCUT2D eigenvalue weighted by molar-refractivity contribution is -0.140. The second-order valence-electron chi connectivity index (χ2n) is 2.11. The van der Waals surface area contributed by atoms with E-state index in [9.17, 15) is 4.79 Å². The minimum absolute atomic E-state index is 0.181. The highest BCUT2D eigenvalue weighted by atomic mass is 79.9. The van der Waals surface area contributed by atoms with E-state index < -0.39 is 0 Å². The second-order valence-corrected chi connectivity index (χ2v) is 2.67. The number of alkyl halides is 1. The summed E-state index contributed by atoms with van der Waals surface area (Å²) in [5.41, 5.74) is -0.181. The van der Waals surface area contributed by atoms with Gasteiger partial charge in [-0.2, -0.15) is 0 Å². The normalized spacial score (nSPS) is 17.1. The second kappa shape index (κ2) is 9.20. The average Bonchev–Trinajstić information content (AvgIpc) is 2.12. The molecule has 0 amide bonds. The van der Waals surface area contributed by atoms with Crippen LogP contribution in [0.2, 0.25) is 0 Å². The van der Waals surface area contributed by atoms with E-state index in [-0.39, 0.29) is 5.41 Å². The van der Waals surface area contributed by atoms with E-state index in [1.807, 2.05) is 27.7 Å². The van der Waals surface area contributed by atoms with Crippen molar-refractivity contribution in [2.45, 2.75) is 27.7 Å². The summed E-state index contributed by atoms with van der Waals surface area (Å²) in [6.45, 7) is 9.17. The summed E-state index contributed by atoms with van der Waals surface area (Å²) in [4.78, 5) is 10.2. The topological polar surface area (TPSA) is 26.3 Å². The standard InChI is InChI=1S/C5H7BrO2.2C2H6/c6-1-5(2-7)3-8-4-5;2*1-2/h2H,1,3-4H2;2*1-2H3. The predicted molar refractivity (Wildman–Crippen MR) is 55.8 cm³/mol. The molecule has 3 heteroatoms. The first-order chi connectivity index (χ1) is 5.83. The van der Waals surface area contributed by atoms with Crippen molar-refractivity contribution < 1.29 is 9.53 Å². The van der Waals surface area contributed by atoms with E-state index in [1.165, 1.54) is 0 Å². The summed E-state index contributed by atoms with van der Waals surface area (Å²) in [7, 11) is 0. The quantitative estimate of drug-likeness (QED) is 0.547. The van der Waals surface area contributed by atoms with Gasteiger partial charge in [-0.25, -0.2) is 0 Å². The number of carbonyl (C=O) groups excluding carboxylic acids is 1. The van der Waals surface area contributed by atoms with E-state index in [0.717, 1.165) is 11.6 Å². The fraction of sp³-hybridized carbons (Fsp3) is 0.889. The Hall–Kier alpha value is 0.110. The van der Waals surface area contributed by atoms with Crippen LogP contribution in [0.15, 0.2) is 0 Å². The van der Waals surface area contributed by atoms with Gasteiger partial charge in [0, 0.05) is 5.33 Å². The molecule has 0 radical (unpaired) electrons. The highest BCUT2D eigenvalue weighted by molar-refractivity contribution is 9.09. The van der Waals surface area contributed by atoms with Gasteiger partial charge in [0.25, 0.3) is 0 Å². The lowest BCUT2D eigenvalue weighted by Crippen LogP contribution is -2.45. The molecule has 0 aromatic carbocycles. The first-order valence-electron chi connectivity index (χ1n) is 4.43. The Labute approximate surface area is 83.8 Å². The van der Waals surface area contributed by atoms with Crippen molar-refractivity contribution in [3.63, 3.8) is 0 Å². The lowest BCUT2D eigenvalue weighted by Gasteiger charge is -2.34. The molecule has 1 aliphatic rings. The van der Waals surface area contributed by atoms with Gasteiger partial charge in [-0.05, 0) is 0 Å². The SMILES string of the molecule is CC.CC.O=CC1(CBr)COC1. The largest absolute Gasteiger partial charge is 0.379 e. The van der Waals surface area contributed by atoms with Crippen LogP contribution in [0.4, 0.5) is 0 Å². The van der Waals surface area contributed by atoms with E-state index in [0.29, 0.717) is 13.2 Å². The molecule has 1 heterocycles. The van der Waals surface area contributed by atoms with Gasteiger partial charge in [-0.3, -0.25) is 0 Å². The molecule has 1 saturated heterocycles. The molecule has 0 bridgehead atoms. The van der Waals surface area contributed by atoms with Crippen molar-refractivity contribution in [1.29, 1.82) is 0 Å². The number of aldehydes is 1. The summed E-state index contributed by atoms with van der Waals surface area (Å²) in [6, 6.07) is 0. The zero-order valence-electron chi connectivity index (χ0n) is 8.39. The van der Waals surface area contributed by atoms with Crippen LogP contribution in [0.5, 0.6) is 0 Å². The predicted octanol–water partition coefficient (Wildman–Crippen LogP) is 2.65. The molecule has 0 spiro atoms. The highest BCUT2D eigenvalue weighted by Gasteiger charge is 2.37. The fourth-order valence-corrected chi connectivity index (χ4v) is 0.997. The van der Waals surface area contributed by atoms with Crippen molar-refractivity contribution in [3.05, 3.63) is 0 Å². The third kappa shape index (κ3) is 4.21. The first-order valence-corrected chi connectivity index (χ1v) is 5.55. The number of hydrogen-bond donors (Lipinski definition) is 0. The van der Waals surface area contributed by atoms with Gasteiger partial charge in [0.05, 0.1) is 18.6 Å². The molecule has 0 aromatic rings. The van der Waals surface area contributed by atoms with E-state index in [2.05, 4.69) is 15.9 Å². The molecule has 12 heavy (non-hydrogen) atoms. The molecular weight excluding hydrogens is 220 g/mol. The van der Waals surface area contributed by atoms with Crippen LogP contribution >= 0.6 is 15.9 Å². The summed E-state index contributed by atoms with van der Waals surface area (Å²) in [6.07, 6.45) is 0.964. The number of carbonyl (C=O) groups is 1.